The molecule has 0 saturated heterocycles. The van der Waals surface area contributed by atoms with Crippen molar-refractivity contribution in [3.05, 3.63) is 23.5 Å². The molecule has 0 heterocycles. The molecule has 100 valence electrons. The number of aryl methyl sites for hydroxylation is 1. The first-order chi connectivity index (χ1) is 8.49. The number of hydrogen-bond acceptors (Lipinski definition) is 3. The Bertz CT molecular complexity index is 429. The van der Waals surface area contributed by atoms with Gasteiger partial charge in [0.1, 0.15) is 5.82 Å². The van der Waals surface area contributed by atoms with E-state index in [1.165, 1.54) is 18.9 Å². The third kappa shape index (κ3) is 2.93. The highest BCUT2D eigenvalue weighted by atomic mass is 19.1. The lowest BCUT2D eigenvalue weighted by atomic mass is 10.1. The van der Waals surface area contributed by atoms with Crippen LogP contribution < -0.4 is 11.1 Å². The summed E-state index contributed by atoms with van der Waals surface area (Å²) in [7, 11) is 2.16. The van der Waals surface area contributed by atoms with Crippen LogP contribution in [0.2, 0.25) is 0 Å². The maximum absolute atomic E-state index is 13.3. The van der Waals surface area contributed by atoms with Gasteiger partial charge in [0.05, 0.1) is 11.4 Å². The molecule has 1 aromatic rings. The van der Waals surface area contributed by atoms with Crippen molar-refractivity contribution in [2.24, 2.45) is 0 Å². The third-order valence-corrected chi connectivity index (χ3v) is 3.74. The van der Waals surface area contributed by atoms with Crippen LogP contribution in [0.5, 0.6) is 0 Å². The number of nitrogens with one attached hydrogen (secondary N) is 1. The zero-order chi connectivity index (χ0) is 13.3. The highest BCUT2D eigenvalue weighted by molar-refractivity contribution is 5.67. The number of hydrogen-bond donors (Lipinski definition) is 2. The van der Waals surface area contributed by atoms with Crippen LogP contribution in [0.15, 0.2) is 12.1 Å². The van der Waals surface area contributed by atoms with Crippen LogP contribution in [0.25, 0.3) is 0 Å². The second-order valence-electron chi connectivity index (χ2n) is 5.32. The van der Waals surface area contributed by atoms with Crippen LogP contribution in [0, 0.1) is 12.7 Å². The maximum Gasteiger partial charge on any atom is 0.128 e. The molecule has 1 unspecified atom stereocenters. The van der Waals surface area contributed by atoms with Gasteiger partial charge in [-0.1, -0.05) is 0 Å². The van der Waals surface area contributed by atoms with Gasteiger partial charge in [-0.2, -0.15) is 0 Å². The van der Waals surface area contributed by atoms with Crippen molar-refractivity contribution in [3.63, 3.8) is 0 Å². The molecule has 1 fully saturated rings. The summed E-state index contributed by atoms with van der Waals surface area (Å²) in [4.78, 5) is 2.39. The van der Waals surface area contributed by atoms with E-state index in [4.69, 9.17) is 5.73 Å². The van der Waals surface area contributed by atoms with E-state index in [9.17, 15) is 4.39 Å². The van der Waals surface area contributed by atoms with Gasteiger partial charge >= 0.3 is 0 Å². The summed E-state index contributed by atoms with van der Waals surface area (Å²) < 4.78 is 13.3. The standard InChI is InChI=1S/C14H22FN3/c1-9-6-14(13(16)7-12(9)15)17-8-10(2)18(3)11-4-5-11/h6-7,10-11,17H,4-5,8,16H2,1-3H3. The SMILES string of the molecule is Cc1cc(NCC(C)N(C)C2CC2)c(N)cc1F. The van der Waals surface area contributed by atoms with E-state index in [1.807, 2.05) is 0 Å². The Morgan fingerprint density at radius 2 is 2.17 bits per heavy atom. The topological polar surface area (TPSA) is 41.3 Å². The number of rotatable bonds is 5. The average molecular weight is 251 g/mol. The number of nitrogens with zero attached hydrogens (tertiary/aromatic N) is 1. The predicted octanol–water partition coefficient (Wildman–Crippen LogP) is 2.61. The molecule has 1 aliphatic rings. The van der Waals surface area contributed by atoms with Gasteiger partial charge in [0.2, 0.25) is 0 Å². The summed E-state index contributed by atoms with van der Waals surface area (Å²) in [5.41, 5.74) is 7.72. The molecular formula is C14H22FN3. The Hall–Kier alpha value is -1.29. The fourth-order valence-electron chi connectivity index (χ4n) is 2.09. The fourth-order valence-corrected chi connectivity index (χ4v) is 2.09. The molecular weight excluding hydrogens is 229 g/mol. The van der Waals surface area contributed by atoms with Crippen molar-refractivity contribution in [2.45, 2.75) is 38.8 Å². The first-order valence-electron chi connectivity index (χ1n) is 6.50. The smallest absolute Gasteiger partial charge is 0.128 e. The minimum Gasteiger partial charge on any atom is -0.397 e. The first kappa shape index (κ1) is 13.1. The Labute approximate surface area is 108 Å². The normalized spacial score (nSPS) is 16.9. The van der Waals surface area contributed by atoms with Crippen molar-refractivity contribution in [2.75, 3.05) is 24.6 Å². The number of anilines is 2. The molecule has 0 radical (unpaired) electrons. The van der Waals surface area contributed by atoms with Crippen LogP contribution >= 0.6 is 0 Å². The van der Waals surface area contributed by atoms with Crippen LogP contribution in [0.4, 0.5) is 15.8 Å². The largest absolute Gasteiger partial charge is 0.397 e. The summed E-state index contributed by atoms with van der Waals surface area (Å²) in [6.45, 7) is 4.76. The molecule has 1 saturated carbocycles. The van der Waals surface area contributed by atoms with Gasteiger partial charge in [-0.25, -0.2) is 4.39 Å². The van der Waals surface area contributed by atoms with Gasteiger partial charge in [0.25, 0.3) is 0 Å². The first-order valence-corrected chi connectivity index (χ1v) is 6.50. The van der Waals surface area contributed by atoms with E-state index in [0.29, 0.717) is 17.3 Å². The van der Waals surface area contributed by atoms with Crippen molar-refractivity contribution in [1.29, 1.82) is 0 Å². The van der Waals surface area contributed by atoms with Crippen molar-refractivity contribution in [3.8, 4) is 0 Å². The number of benzene rings is 1. The Morgan fingerprint density at radius 3 is 2.78 bits per heavy atom. The van der Waals surface area contributed by atoms with Crippen LogP contribution in [-0.4, -0.2) is 30.6 Å². The van der Waals surface area contributed by atoms with E-state index < -0.39 is 0 Å². The minimum atomic E-state index is -0.249. The number of likely N-dealkylation sites (N-methyl/N-ethyl adjacent to an activating group) is 1. The minimum absolute atomic E-state index is 0.249. The average Bonchev–Trinajstić information content (AvgIpc) is 3.14. The highest BCUT2D eigenvalue weighted by Gasteiger charge is 2.28. The van der Waals surface area contributed by atoms with Crippen molar-refractivity contribution >= 4 is 11.4 Å². The van der Waals surface area contributed by atoms with Crippen LogP contribution in [0.1, 0.15) is 25.3 Å². The zero-order valence-electron chi connectivity index (χ0n) is 11.3. The molecule has 2 rings (SSSR count). The number of nitrogens with two attached hydrogens (primary N) is 1. The monoisotopic (exact) mass is 251 g/mol. The summed E-state index contributed by atoms with van der Waals surface area (Å²) in [5.74, 6) is -0.249. The zero-order valence-corrected chi connectivity index (χ0v) is 11.3. The lowest BCUT2D eigenvalue weighted by Gasteiger charge is -2.25. The Morgan fingerprint density at radius 1 is 1.50 bits per heavy atom. The van der Waals surface area contributed by atoms with Gasteiger partial charge in [-0.05, 0) is 51.4 Å². The lowest BCUT2D eigenvalue weighted by Crippen LogP contribution is -2.36. The molecule has 0 bridgehead atoms. The molecule has 0 aliphatic heterocycles. The van der Waals surface area contributed by atoms with Gasteiger partial charge in [0, 0.05) is 18.6 Å². The Kier molecular flexibility index (Phi) is 3.76. The highest BCUT2D eigenvalue weighted by Crippen LogP contribution is 2.27. The molecule has 0 spiro atoms. The van der Waals surface area contributed by atoms with Gasteiger partial charge in [-0.3, -0.25) is 4.90 Å². The van der Waals surface area contributed by atoms with E-state index >= 15 is 0 Å². The van der Waals surface area contributed by atoms with Gasteiger partial charge in [0.15, 0.2) is 0 Å². The molecule has 3 nitrogen and oxygen atoms in total. The fraction of sp³-hybridized carbons (Fsp3) is 0.571. The molecule has 1 atom stereocenters. The van der Waals surface area contributed by atoms with Gasteiger partial charge < -0.3 is 11.1 Å². The molecule has 1 aromatic carbocycles. The third-order valence-electron chi connectivity index (χ3n) is 3.74. The predicted molar refractivity (Wildman–Crippen MR) is 74.3 cm³/mol. The number of halogens is 1. The summed E-state index contributed by atoms with van der Waals surface area (Å²) in [6.07, 6.45) is 2.61. The Balaban J connectivity index is 1.95. The quantitative estimate of drug-likeness (QED) is 0.790. The van der Waals surface area contributed by atoms with Crippen LogP contribution in [0.3, 0.4) is 0 Å². The molecule has 18 heavy (non-hydrogen) atoms. The van der Waals surface area contributed by atoms with E-state index in [2.05, 4.69) is 24.2 Å². The van der Waals surface area contributed by atoms with E-state index in [-0.39, 0.29) is 5.82 Å². The second-order valence-corrected chi connectivity index (χ2v) is 5.32. The maximum atomic E-state index is 13.3. The molecule has 3 N–H and O–H groups in total. The molecule has 1 aliphatic carbocycles. The second kappa shape index (κ2) is 5.14. The lowest BCUT2D eigenvalue weighted by molar-refractivity contribution is 0.257. The molecule has 0 aromatic heterocycles. The molecule has 0 amide bonds. The summed E-state index contributed by atoms with van der Waals surface area (Å²) in [6, 6.07) is 4.35. The van der Waals surface area contributed by atoms with Crippen LogP contribution in [-0.2, 0) is 0 Å². The van der Waals surface area contributed by atoms with Crippen molar-refractivity contribution in [1.82, 2.24) is 4.90 Å². The van der Waals surface area contributed by atoms with E-state index in [1.54, 1.807) is 13.0 Å². The van der Waals surface area contributed by atoms with Crippen molar-refractivity contribution < 1.29 is 4.39 Å². The van der Waals surface area contributed by atoms with Gasteiger partial charge in [-0.15, -0.1) is 0 Å². The number of nitrogen functional groups attached to an aromatic ring is 1. The van der Waals surface area contributed by atoms with E-state index in [0.717, 1.165) is 18.3 Å². The summed E-state index contributed by atoms with van der Waals surface area (Å²) >= 11 is 0. The molecule has 4 heteroatoms. The summed E-state index contributed by atoms with van der Waals surface area (Å²) in [5, 5.41) is 3.31.